The van der Waals surface area contributed by atoms with E-state index < -0.39 is 159 Å². The average Bonchev–Trinajstić information content (AvgIpc) is 3.08. The van der Waals surface area contributed by atoms with Crippen LogP contribution in [0.15, 0.2) is 12.3 Å². The molecule has 0 bridgehead atoms. The highest BCUT2D eigenvalue weighted by molar-refractivity contribution is 6.84. The van der Waals surface area contributed by atoms with E-state index >= 15 is 0 Å². The van der Waals surface area contributed by atoms with E-state index in [1.54, 1.807) is 0 Å². The Hall–Kier alpha value is -2.77. The molecule has 0 atom stereocenters. The number of hydrogen-bond acceptors (Lipinski definition) is 0. The van der Waals surface area contributed by atoms with Gasteiger partial charge >= 0.3 is 107 Å². The van der Waals surface area contributed by atoms with E-state index in [0.29, 0.717) is 0 Å². The van der Waals surface area contributed by atoms with Gasteiger partial charge in [-0.2, -0.15) is 171 Å². The van der Waals surface area contributed by atoms with E-state index in [4.69, 9.17) is 0 Å². The van der Waals surface area contributed by atoms with Gasteiger partial charge in [-0.1, -0.05) is 0 Å². The SMILES string of the molecule is C=C[Si](CCC(F)(F)C(F)(F)C(F)(F)C(F)(F)C(F)(F)C(F)(F)F)(CCC(F)(F)C(F)(F)C(F)(F)C(F)(F)C(F)(F)C(F)(F)F)CCC(F)(F)C(F)(F)C(F)(F)C(F)(F)C(F)(F)C(F)(F)F. The van der Waals surface area contributed by atoms with Crippen LogP contribution in [0.5, 0.6) is 0 Å². The summed E-state index contributed by atoms with van der Waals surface area (Å²) in [5.41, 5.74) is -0.927. The van der Waals surface area contributed by atoms with E-state index in [0.717, 1.165) is 0 Å². The molecule has 0 aliphatic carbocycles. The maximum atomic E-state index is 14.6. The molecule has 0 fully saturated rings. The zero-order chi connectivity index (χ0) is 54.4. The van der Waals surface area contributed by atoms with Gasteiger partial charge in [-0.25, -0.2) is 0 Å². The molecule has 0 rings (SSSR count). The average molecular weight is 1100 g/mol. The lowest BCUT2D eigenvalue weighted by Gasteiger charge is -2.42. The molecule has 0 aromatic carbocycles. The lowest BCUT2D eigenvalue weighted by Crippen LogP contribution is -2.70. The fourth-order valence-electron chi connectivity index (χ4n) is 4.78. The van der Waals surface area contributed by atoms with E-state index in [2.05, 4.69) is 6.58 Å². The van der Waals surface area contributed by atoms with Crippen LogP contribution in [-0.4, -0.2) is 115 Å². The van der Waals surface area contributed by atoms with Crippen LogP contribution in [0.25, 0.3) is 0 Å². The molecule has 0 radical (unpaired) electrons. The van der Waals surface area contributed by atoms with Crippen molar-refractivity contribution in [2.75, 3.05) is 0 Å². The summed E-state index contributed by atoms with van der Waals surface area (Å²) in [7, 11) is -6.81. The predicted octanol–water partition coefficient (Wildman–Crippen LogP) is 15.5. The zero-order valence-corrected chi connectivity index (χ0v) is 30.8. The first-order chi connectivity index (χ1) is 27.9. The first-order valence-electron chi connectivity index (χ1n) is 15.4. The maximum absolute atomic E-state index is 14.6. The van der Waals surface area contributed by atoms with Crippen LogP contribution < -0.4 is 0 Å². The zero-order valence-electron chi connectivity index (χ0n) is 29.8. The lowest BCUT2D eigenvalue weighted by molar-refractivity contribution is -0.440. The highest BCUT2D eigenvalue weighted by atomic mass is 28.3. The molecule has 0 aliphatic rings. The van der Waals surface area contributed by atoms with Crippen LogP contribution >= 0.6 is 0 Å². The van der Waals surface area contributed by atoms with Crippen LogP contribution in [0.2, 0.25) is 18.1 Å². The first-order valence-corrected chi connectivity index (χ1v) is 18.1. The second-order valence-corrected chi connectivity index (χ2v) is 18.2. The van der Waals surface area contributed by atoms with E-state index in [1.807, 2.05) is 0 Å². The van der Waals surface area contributed by atoms with Gasteiger partial charge in [-0.3, -0.25) is 0 Å². The monoisotopic (exact) mass is 1100 g/mol. The summed E-state index contributed by atoms with van der Waals surface area (Å²) >= 11 is 0. The fraction of sp³-hybridized carbons (Fsp3) is 0.923. The van der Waals surface area contributed by atoms with Gasteiger partial charge < -0.3 is 0 Å². The molecule has 0 amide bonds. The van der Waals surface area contributed by atoms with Gasteiger partial charge in [0.15, 0.2) is 0 Å². The van der Waals surface area contributed by atoms with Crippen LogP contribution in [0.1, 0.15) is 19.3 Å². The Morgan fingerprint density at radius 1 is 0.227 bits per heavy atom. The van der Waals surface area contributed by atoms with Crippen molar-refractivity contribution in [3.8, 4) is 0 Å². The first kappa shape index (κ1) is 63.2. The van der Waals surface area contributed by atoms with Gasteiger partial charge in [0.25, 0.3) is 0 Å². The summed E-state index contributed by atoms with van der Waals surface area (Å²) in [5, 5.41) is 0. The Labute approximate surface area is 337 Å². The molecule has 0 aliphatic heterocycles. The molecular weight excluding hydrogens is 1080 g/mol. The Morgan fingerprint density at radius 3 is 0.485 bits per heavy atom. The topological polar surface area (TPSA) is 0 Å². The van der Waals surface area contributed by atoms with Crippen molar-refractivity contribution in [2.45, 2.75) is 145 Å². The molecule has 396 valence electrons. The van der Waals surface area contributed by atoms with Crippen LogP contribution in [0, 0.1) is 0 Å². The standard InChI is InChI=1S/C26H15F39Si/c1-2-66(6-3-9(27,28)12(33,34)15(39,40)18(45,46)21(51,52)24(57,58)59,7-4-10(29,30)13(35,36)16(41,42)19(47,48)22(53,54)25(60,61)62)8-5-11(31,32)14(37,38)17(43,44)20(49,50)23(55,56)26(63,64)65/h2H,1,3-8H2. The van der Waals surface area contributed by atoms with Gasteiger partial charge in [0.05, 0.1) is 8.07 Å². The van der Waals surface area contributed by atoms with Crippen LogP contribution in [0.3, 0.4) is 0 Å². The molecule has 0 aromatic rings. The van der Waals surface area contributed by atoms with Crippen molar-refractivity contribution in [3.63, 3.8) is 0 Å². The third kappa shape index (κ3) is 9.10. The highest BCUT2D eigenvalue weighted by Gasteiger charge is 2.93. The minimum Gasteiger partial charge on any atom is -0.200 e. The summed E-state index contributed by atoms with van der Waals surface area (Å²) in [6.45, 7) is 2.15. The van der Waals surface area contributed by atoms with Gasteiger partial charge in [-0.05, 0) is 18.1 Å². The molecule has 0 unspecified atom stereocenters. The van der Waals surface area contributed by atoms with Gasteiger partial charge in [0, 0.05) is 19.3 Å². The Balaban J connectivity index is 7.87. The summed E-state index contributed by atoms with van der Waals surface area (Å²) in [6, 6.07) is -9.84. The van der Waals surface area contributed by atoms with Crippen molar-refractivity contribution in [2.24, 2.45) is 0 Å². The van der Waals surface area contributed by atoms with Crippen molar-refractivity contribution in [1.82, 2.24) is 0 Å². The summed E-state index contributed by atoms with van der Waals surface area (Å²) in [5.74, 6) is -127. The minimum absolute atomic E-state index is 0.927. The number of alkyl halides is 39. The highest BCUT2D eigenvalue weighted by Crippen LogP contribution is 2.65. The second-order valence-electron chi connectivity index (χ2n) is 13.6. The molecule has 0 spiro atoms. The number of hydrogen-bond donors (Lipinski definition) is 0. The van der Waals surface area contributed by atoms with E-state index in [1.165, 1.54) is 0 Å². The van der Waals surface area contributed by atoms with Crippen molar-refractivity contribution >= 4 is 8.07 Å². The van der Waals surface area contributed by atoms with E-state index in [9.17, 15) is 171 Å². The van der Waals surface area contributed by atoms with Crippen LogP contribution in [-0.2, 0) is 0 Å². The minimum atomic E-state index is -8.85. The van der Waals surface area contributed by atoms with Crippen molar-refractivity contribution < 1.29 is 171 Å². The summed E-state index contributed by atoms with van der Waals surface area (Å²) < 4.78 is 528. The number of rotatable bonds is 22. The van der Waals surface area contributed by atoms with E-state index in [-0.39, 0.29) is 0 Å². The largest absolute Gasteiger partial charge is 0.460 e. The predicted molar refractivity (Wildman–Crippen MR) is 137 cm³/mol. The maximum Gasteiger partial charge on any atom is 0.460 e. The summed E-state index contributed by atoms with van der Waals surface area (Å²) in [6.07, 6.45) is -36.5. The second kappa shape index (κ2) is 16.7. The smallest absolute Gasteiger partial charge is 0.200 e. The molecule has 0 saturated heterocycles. The number of halogens is 39. The molecule has 0 aromatic heterocycles. The molecule has 40 heteroatoms. The Morgan fingerprint density at radius 2 is 0.364 bits per heavy atom. The molecule has 0 nitrogen and oxygen atoms in total. The molecular formula is C26H15F39Si. The third-order valence-corrected chi connectivity index (χ3v) is 13.8. The van der Waals surface area contributed by atoms with Crippen molar-refractivity contribution in [3.05, 3.63) is 12.3 Å². The quantitative estimate of drug-likeness (QED) is 0.0749. The molecule has 66 heavy (non-hydrogen) atoms. The molecule has 0 heterocycles. The van der Waals surface area contributed by atoms with Gasteiger partial charge in [0.2, 0.25) is 0 Å². The normalized spacial score (nSPS) is 16.8. The van der Waals surface area contributed by atoms with Gasteiger partial charge in [0.1, 0.15) is 0 Å². The van der Waals surface area contributed by atoms with Gasteiger partial charge in [-0.15, -0.1) is 12.3 Å². The third-order valence-electron chi connectivity index (χ3n) is 9.24. The Bertz CT molecular complexity index is 1500. The lowest BCUT2D eigenvalue weighted by atomic mass is 9.93. The van der Waals surface area contributed by atoms with Crippen LogP contribution in [0.4, 0.5) is 171 Å². The summed E-state index contributed by atoms with van der Waals surface area (Å²) in [4.78, 5) is 0. The molecule has 0 saturated carbocycles. The Kier molecular flexibility index (Phi) is 16.0. The van der Waals surface area contributed by atoms with Crippen molar-refractivity contribution in [1.29, 1.82) is 0 Å². The fourth-order valence-corrected chi connectivity index (χ4v) is 8.57. The molecule has 0 N–H and O–H groups in total.